The van der Waals surface area contributed by atoms with Crippen molar-refractivity contribution < 1.29 is 15.1 Å². The molecule has 0 amide bonds. The summed E-state index contributed by atoms with van der Waals surface area (Å²) in [5, 5.41) is 5.31. The van der Waals surface area contributed by atoms with Crippen LogP contribution < -0.4 is 4.90 Å². The zero-order valence-electron chi connectivity index (χ0n) is 42.6. The number of hydrogen-bond acceptors (Lipinski definition) is 1. The van der Waals surface area contributed by atoms with Gasteiger partial charge in [-0.15, -0.1) is 0 Å². The number of benzene rings is 11. The van der Waals surface area contributed by atoms with E-state index in [4.69, 9.17) is 8.22 Å². The zero-order valence-corrected chi connectivity index (χ0v) is 31.6. The van der Waals surface area contributed by atoms with Gasteiger partial charge >= 0.3 is 0 Å². The van der Waals surface area contributed by atoms with E-state index in [0.29, 0.717) is 5.56 Å². The second-order valence-electron chi connectivity index (χ2n) is 14.4. The van der Waals surface area contributed by atoms with Gasteiger partial charge in [-0.25, -0.2) is 0 Å². The van der Waals surface area contributed by atoms with Crippen molar-refractivity contribution in [3.05, 3.63) is 236 Å². The van der Waals surface area contributed by atoms with Crippen LogP contribution in [0.3, 0.4) is 0 Å². The summed E-state index contributed by atoms with van der Waals surface area (Å²) in [7, 11) is 0. The Hall–Kier alpha value is -7.74. The lowest BCUT2D eigenvalue weighted by molar-refractivity contribution is 1.30. The van der Waals surface area contributed by atoms with Gasteiger partial charge in [-0.1, -0.05) is 200 Å². The molecule has 0 N–H and O–H groups in total. The summed E-state index contributed by atoms with van der Waals surface area (Å²) in [6.07, 6.45) is 0. The average Bonchev–Trinajstić information content (AvgIpc) is 3.40. The average molecular weight is 761 g/mol. The lowest BCUT2D eigenvalue weighted by Crippen LogP contribution is -2.10. The molecule has 0 unspecified atom stereocenters. The molecule has 276 valence electrons. The van der Waals surface area contributed by atoms with Gasteiger partial charge in [0.2, 0.25) is 0 Å². The molecule has 0 saturated heterocycles. The third-order valence-corrected chi connectivity index (χ3v) is 11.0. The molecule has 0 spiro atoms. The molecule has 1 heteroatoms. The Labute approximate surface area is 360 Å². The first kappa shape index (κ1) is 24.8. The molecule has 0 aliphatic heterocycles. The molecule has 11 aromatic rings. The zero-order chi connectivity index (χ0) is 48.7. The SMILES string of the molecule is [2H]c1c([2H])c(N(c2ccc(-c3ccc4c(c3)c(-c3ccccc3)c(-c3ccccc3)c3ccccc34)cc2)c2c([2H])c([2H])c([2H])c3c([2H])c([2H])c([2H])c([2H])c23)c([2H])c([2H])c1-c1cccc2ccccc12. The minimum Gasteiger partial charge on any atom is -0.310 e. The highest BCUT2D eigenvalue weighted by Crippen LogP contribution is 2.46. The van der Waals surface area contributed by atoms with E-state index < -0.39 is 54.4 Å². The Bertz CT molecular complexity index is 3910. The van der Waals surface area contributed by atoms with Crippen LogP contribution in [0, 0.1) is 0 Å². The quantitative estimate of drug-likeness (QED) is 0.146. The highest BCUT2D eigenvalue weighted by atomic mass is 15.1. The number of rotatable bonds is 7. The fourth-order valence-corrected chi connectivity index (χ4v) is 8.32. The van der Waals surface area contributed by atoms with Gasteiger partial charge in [0.15, 0.2) is 0 Å². The van der Waals surface area contributed by atoms with Crippen molar-refractivity contribution in [2.24, 2.45) is 0 Å². The van der Waals surface area contributed by atoms with Crippen molar-refractivity contribution in [2.75, 3.05) is 4.90 Å². The van der Waals surface area contributed by atoms with Crippen LogP contribution in [-0.2, 0) is 0 Å². The Morgan fingerprint density at radius 2 is 0.898 bits per heavy atom. The van der Waals surface area contributed by atoms with E-state index in [0.717, 1.165) is 65.7 Å². The second kappa shape index (κ2) is 14.6. The number of anilines is 3. The molecule has 0 atom stereocenters. The summed E-state index contributed by atoms with van der Waals surface area (Å²) in [6.45, 7) is 0. The maximum atomic E-state index is 9.66. The fourth-order valence-electron chi connectivity index (χ4n) is 8.32. The highest BCUT2D eigenvalue weighted by Gasteiger charge is 2.19. The molecule has 1 nitrogen and oxygen atoms in total. The van der Waals surface area contributed by atoms with Crippen LogP contribution in [0.1, 0.15) is 15.1 Å². The van der Waals surface area contributed by atoms with Gasteiger partial charge in [-0.2, -0.15) is 0 Å². The van der Waals surface area contributed by atoms with Crippen LogP contribution in [0.15, 0.2) is 236 Å². The predicted molar refractivity (Wildman–Crippen MR) is 253 cm³/mol. The van der Waals surface area contributed by atoms with Crippen molar-refractivity contribution in [3.8, 4) is 44.5 Å². The first-order chi connectivity index (χ1) is 33.9. The van der Waals surface area contributed by atoms with Crippen molar-refractivity contribution in [2.45, 2.75) is 0 Å². The minimum atomic E-state index is -0.635. The maximum Gasteiger partial charge on any atom is 0.0645 e. The van der Waals surface area contributed by atoms with E-state index >= 15 is 0 Å². The number of hydrogen-bond donors (Lipinski definition) is 0. The third kappa shape index (κ3) is 6.12. The Kier molecular flexibility index (Phi) is 6.15. The van der Waals surface area contributed by atoms with Gasteiger partial charge in [0.25, 0.3) is 0 Å². The van der Waals surface area contributed by atoms with E-state index in [1.54, 1.807) is 24.3 Å². The van der Waals surface area contributed by atoms with Crippen molar-refractivity contribution in [1.29, 1.82) is 0 Å². The summed E-state index contributed by atoms with van der Waals surface area (Å²) in [6, 6.07) is 49.5. The van der Waals surface area contributed by atoms with Gasteiger partial charge in [0.1, 0.15) is 0 Å². The molecular weight excluding hydrogens is 711 g/mol. The summed E-state index contributed by atoms with van der Waals surface area (Å²) in [5.41, 5.74) is 6.14. The van der Waals surface area contributed by atoms with E-state index in [2.05, 4.69) is 60.7 Å². The fraction of sp³-hybridized carbons (Fsp3) is 0. The molecule has 0 aliphatic rings. The lowest BCUT2D eigenvalue weighted by atomic mass is 9.84. The molecule has 0 bridgehead atoms. The van der Waals surface area contributed by atoms with E-state index in [1.807, 2.05) is 84.9 Å². The number of nitrogens with zero attached hydrogens (tertiary/aromatic N) is 1. The monoisotopic (exact) mass is 760 g/mol. The highest BCUT2D eigenvalue weighted by molar-refractivity contribution is 6.22. The summed E-state index contributed by atoms with van der Waals surface area (Å²) in [5.74, 6) is 0. The summed E-state index contributed by atoms with van der Waals surface area (Å²) >= 11 is 0. The summed E-state index contributed by atoms with van der Waals surface area (Å²) in [4.78, 5) is 1.28. The van der Waals surface area contributed by atoms with Gasteiger partial charge < -0.3 is 4.90 Å². The van der Waals surface area contributed by atoms with Crippen molar-refractivity contribution in [3.63, 3.8) is 0 Å². The molecule has 0 heterocycles. The van der Waals surface area contributed by atoms with E-state index in [9.17, 15) is 6.85 Å². The molecule has 59 heavy (non-hydrogen) atoms. The Morgan fingerprint density at radius 1 is 0.305 bits per heavy atom. The van der Waals surface area contributed by atoms with Crippen LogP contribution in [-0.4, -0.2) is 0 Å². The first-order valence-corrected chi connectivity index (χ1v) is 19.5. The minimum absolute atomic E-state index is 0.0563. The number of fused-ring (bicyclic) bond motifs is 5. The molecule has 11 aromatic carbocycles. The normalized spacial score (nSPS) is 14.0. The maximum absolute atomic E-state index is 9.66. The van der Waals surface area contributed by atoms with Crippen LogP contribution >= 0.6 is 0 Å². The molecule has 0 aliphatic carbocycles. The van der Waals surface area contributed by atoms with Gasteiger partial charge in [0.05, 0.1) is 20.8 Å². The molecular formula is C58H39N. The second-order valence-corrected chi connectivity index (χ2v) is 14.4. The predicted octanol–water partition coefficient (Wildman–Crippen LogP) is 16.4. The standard InChI is InChI=1S/C58H39N/c1-3-17-44(18-4-1)57-54-26-12-11-25-52(54)53-38-33-46(39-55(53)58(57)45-19-5-2-6-20-45)40-29-34-47(35-30-40)59(56-28-14-22-42-16-8-10-24-51(42)56)48-36-31-43(32-37-48)50-27-13-21-41-15-7-9-23-49(41)50/h1-39H/i8D,10D,14D,16D,22D,24D,28D,31D,32D,36D,37D. The largest absolute Gasteiger partial charge is 0.310 e. The molecule has 0 aromatic heterocycles. The third-order valence-electron chi connectivity index (χ3n) is 11.0. The van der Waals surface area contributed by atoms with Crippen LogP contribution in [0.2, 0.25) is 0 Å². The van der Waals surface area contributed by atoms with Crippen LogP contribution in [0.4, 0.5) is 17.1 Å². The topological polar surface area (TPSA) is 3.24 Å². The lowest BCUT2D eigenvalue weighted by Gasteiger charge is -2.27. The Morgan fingerprint density at radius 3 is 1.66 bits per heavy atom. The summed E-state index contributed by atoms with van der Waals surface area (Å²) < 4.78 is 101. The van der Waals surface area contributed by atoms with Gasteiger partial charge in [-0.05, 0) is 119 Å². The van der Waals surface area contributed by atoms with Gasteiger partial charge in [0, 0.05) is 16.8 Å². The smallest absolute Gasteiger partial charge is 0.0645 e. The Balaban J connectivity index is 1.17. The first-order valence-electron chi connectivity index (χ1n) is 25.0. The van der Waals surface area contributed by atoms with Crippen molar-refractivity contribution >= 4 is 60.2 Å². The molecule has 11 rings (SSSR count). The molecule has 0 saturated carbocycles. The van der Waals surface area contributed by atoms with Crippen LogP contribution in [0.25, 0.3) is 87.6 Å². The van der Waals surface area contributed by atoms with Crippen molar-refractivity contribution in [1.82, 2.24) is 0 Å². The van der Waals surface area contributed by atoms with E-state index in [1.165, 1.54) is 4.90 Å². The van der Waals surface area contributed by atoms with Crippen LogP contribution in [0.5, 0.6) is 0 Å². The molecule has 0 radical (unpaired) electrons. The van der Waals surface area contributed by atoms with E-state index in [-0.39, 0.29) is 45.5 Å². The molecule has 0 fully saturated rings. The van der Waals surface area contributed by atoms with Gasteiger partial charge in [-0.3, -0.25) is 0 Å².